The molecule has 0 unspecified atom stereocenters. The van der Waals surface area contributed by atoms with Gasteiger partial charge >= 0.3 is 19.7 Å². The highest BCUT2D eigenvalue weighted by Crippen LogP contribution is 2.46. The first-order valence-corrected chi connectivity index (χ1v) is 11.2. The van der Waals surface area contributed by atoms with Crippen LogP contribution in [0.3, 0.4) is 0 Å². The Labute approximate surface area is 172 Å². The Morgan fingerprint density at radius 2 is 1.55 bits per heavy atom. The molecule has 9 heteroatoms. The summed E-state index contributed by atoms with van der Waals surface area (Å²) in [6, 6.07) is 5.78. The summed E-state index contributed by atoms with van der Waals surface area (Å²) in [4.78, 5) is 24.4. The van der Waals surface area contributed by atoms with Crippen LogP contribution in [0.25, 0.3) is 0 Å². The molecule has 0 saturated carbocycles. The summed E-state index contributed by atoms with van der Waals surface area (Å²) in [7, 11) is -3.38. The lowest BCUT2D eigenvalue weighted by atomic mass is 10.1. The minimum atomic E-state index is -3.38. The predicted molar refractivity (Wildman–Crippen MR) is 110 cm³/mol. The second-order valence-electron chi connectivity index (χ2n) is 7.15. The van der Waals surface area contributed by atoms with Crippen molar-refractivity contribution in [2.24, 2.45) is 0 Å². The van der Waals surface area contributed by atoms with Crippen molar-refractivity contribution in [2.75, 3.05) is 19.8 Å². The third kappa shape index (κ3) is 8.56. The van der Waals surface area contributed by atoms with E-state index in [1.807, 2.05) is 0 Å². The van der Waals surface area contributed by atoms with Crippen molar-refractivity contribution in [1.82, 2.24) is 5.32 Å². The Hall–Kier alpha value is -1.89. The van der Waals surface area contributed by atoms with Gasteiger partial charge in [-0.15, -0.1) is 0 Å². The van der Waals surface area contributed by atoms with E-state index in [2.05, 4.69) is 5.32 Å². The fraction of sp³-hybridized carbons (Fsp3) is 0.600. The van der Waals surface area contributed by atoms with Crippen LogP contribution in [0.15, 0.2) is 24.3 Å². The molecule has 8 nitrogen and oxygen atoms in total. The molecule has 0 heterocycles. The normalized spacial score (nSPS) is 12.9. The molecule has 1 rings (SSSR count). The van der Waals surface area contributed by atoms with Gasteiger partial charge in [0.25, 0.3) is 0 Å². The van der Waals surface area contributed by atoms with Crippen LogP contribution in [-0.2, 0) is 34.3 Å². The smallest absolute Gasteiger partial charge is 0.408 e. The molecule has 0 radical (unpaired) electrons. The highest BCUT2D eigenvalue weighted by atomic mass is 31.2. The summed E-state index contributed by atoms with van der Waals surface area (Å²) in [5.74, 6) is -0.559. The summed E-state index contributed by atoms with van der Waals surface area (Å²) in [5, 5.41) is 2.98. The standard InChI is InChI=1S/C20H32NO7P/c1-7-25-18(22)17(21-19(23)28-20(4,5)6)14-15-10-12-16(13-11-15)29(24,26-8-2)27-9-3/h10-13,17H,7-9,14H2,1-6H3,(H,21,23)/t17-/m0/s1. The molecule has 1 aromatic rings. The maximum Gasteiger partial charge on any atom is 0.408 e. The fourth-order valence-corrected chi connectivity index (χ4v) is 4.03. The highest BCUT2D eigenvalue weighted by molar-refractivity contribution is 7.62. The summed E-state index contributed by atoms with van der Waals surface area (Å²) in [5.41, 5.74) is 0.0485. The van der Waals surface area contributed by atoms with E-state index in [1.165, 1.54) is 0 Å². The Bertz CT molecular complexity index is 703. The fourth-order valence-electron chi connectivity index (χ4n) is 2.46. The van der Waals surface area contributed by atoms with E-state index < -0.39 is 31.3 Å². The summed E-state index contributed by atoms with van der Waals surface area (Å²) in [6.45, 7) is 11.1. The third-order valence-electron chi connectivity index (χ3n) is 3.55. The molecular weight excluding hydrogens is 397 g/mol. The van der Waals surface area contributed by atoms with Crippen LogP contribution >= 0.6 is 7.60 Å². The third-order valence-corrected chi connectivity index (χ3v) is 5.68. The molecule has 29 heavy (non-hydrogen) atoms. The van der Waals surface area contributed by atoms with Crippen LogP contribution in [0.5, 0.6) is 0 Å². The number of carbonyl (C=O) groups excluding carboxylic acids is 2. The molecule has 1 amide bonds. The first-order chi connectivity index (χ1) is 13.5. The molecule has 1 aromatic carbocycles. The van der Waals surface area contributed by atoms with Crippen molar-refractivity contribution < 1.29 is 32.7 Å². The van der Waals surface area contributed by atoms with Crippen LogP contribution in [0.4, 0.5) is 4.79 Å². The molecule has 0 aliphatic carbocycles. The van der Waals surface area contributed by atoms with Crippen LogP contribution in [0.1, 0.15) is 47.1 Å². The number of benzene rings is 1. The SMILES string of the molecule is CCOC(=O)[C@H](Cc1ccc(P(=O)(OCC)OCC)cc1)NC(=O)OC(C)(C)C. The number of hydrogen-bond acceptors (Lipinski definition) is 7. The lowest BCUT2D eigenvalue weighted by molar-refractivity contribution is -0.145. The average Bonchev–Trinajstić information content (AvgIpc) is 2.60. The van der Waals surface area contributed by atoms with Gasteiger partial charge in [-0.25, -0.2) is 9.59 Å². The summed E-state index contributed by atoms with van der Waals surface area (Å²) in [6.07, 6.45) is -0.518. The monoisotopic (exact) mass is 429 g/mol. The van der Waals surface area contributed by atoms with Gasteiger partial charge in [-0.05, 0) is 59.2 Å². The number of hydrogen-bond donors (Lipinski definition) is 1. The van der Waals surface area contributed by atoms with E-state index in [1.54, 1.807) is 65.8 Å². The van der Waals surface area contributed by atoms with Crippen molar-refractivity contribution in [3.05, 3.63) is 29.8 Å². The maximum absolute atomic E-state index is 12.8. The predicted octanol–water partition coefficient (Wildman–Crippen LogP) is 3.58. The van der Waals surface area contributed by atoms with E-state index in [-0.39, 0.29) is 26.2 Å². The Morgan fingerprint density at radius 3 is 2.00 bits per heavy atom. The zero-order valence-electron chi connectivity index (χ0n) is 18.0. The van der Waals surface area contributed by atoms with E-state index in [9.17, 15) is 14.2 Å². The first-order valence-electron chi connectivity index (χ1n) is 9.69. The molecule has 0 aliphatic rings. The van der Waals surface area contributed by atoms with Crippen molar-refractivity contribution in [3.8, 4) is 0 Å². The van der Waals surface area contributed by atoms with Gasteiger partial charge in [0.15, 0.2) is 0 Å². The number of carbonyl (C=O) groups is 2. The van der Waals surface area contributed by atoms with Crippen molar-refractivity contribution in [1.29, 1.82) is 0 Å². The minimum Gasteiger partial charge on any atom is -0.464 e. The van der Waals surface area contributed by atoms with Gasteiger partial charge in [0.2, 0.25) is 0 Å². The molecular formula is C20H32NO7P. The minimum absolute atomic E-state index is 0.186. The maximum atomic E-state index is 12.8. The van der Waals surface area contributed by atoms with Crippen molar-refractivity contribution in [2.45, 2.75) is 59.6 Å². The second-order valence-corrected chi connectivity index (χ2v) is 9.18. The molecule has 0 fully saturated rings. The topological polar surface area (TPSA) is 100 Å². The molecule has 0 spiro atoms. The van der Waals surface area contributed by atoms with Gasteiger partial charge in [0.1, 0.15) is 11.6 Å². The summed E-state index contributed by atoms with van der Waals surface area (Å²) < 4.78 is 33.8. The Balaban J connectivity index is 2.97. The quantitative estimate of drug-likeness (QED) is 0.448. The van der Waals surface area contributed by atoms with Crippen LogP contribution < -0.4 is 10.6 Å². The number of esters is 1. The number of ether oxygens (including phenoxy) is 2. The largest absolute Gasteiger partial charge is 0.464 e. The molecule has 1 N–H and O–H groups in total. The van der Waals surface area contributed by atoms with Gasteiger partial charge in [-0.2, -0.15) is 0 Å². The van der Waals surface area contributed by atoms with Gasteiger partial charge in [-0.3, -0.25) is 4.57 Å². The molecule has 0 saturated heterocycles. The van der Waals surface area contributed by atoms with Gasteiger partial charge in [-0.1, -0.05) is 12.1 Å². The van der Waals surface area contributed by atoms with Crippen molar-refractivity contribution >= 4 is 25.0 Å². The van der Waals surface area contributed by atoms with Crippen LogP contribution in [0, 0.1) is 0 Å². The first kappa shape index (κ1) is 25.1. The average molecular weight is 429 g/mol. The van der Waals surface area contributed by atoms with Crippen molar-refractivity contribution in [3.63, 3.8) is 0 Å². The lowest BCUT2D eigenvalue weighted by Crippen LogP contribution is -2.45. The van der Waals surface area contributed by atoms with E-state index in [4.69, 9.17) is 18.5 Å². The number of amides is 1. The van der Waals surface area contributed by atoms with Crippen LogP contribution in [0.2, 0.25) is 0 Å². The van der Waals surface area contributed by atoms with E-state index in [0.29, 0.717) is 5.30 Å². The molecule has 164 valence electrons. The summed E-state index contributed by atoms with van der Waals surface area (Å²) >= 11 is 0. The molecule has 1 atom stereocenters. The zero-order chi connectivity index (χ0) is 22.1. The number of rotatable bonds is 10. The lowest BCUT2D eigenvalue weighted by Gasteiger charge is -2.23. The zero-order valence-corrected chi connectivity index (χ0v) is 18.9. The van der Waals surface area contributed by atoms with Crippen LogP contribution in [-0.4, -0.2) is 43.5 Å². The second kappa shape index (κ2) is 11.3. The number of nitrogens with one attached hydrogen (secondary N) is 1. The molecule has 0 aromatic heterocycles. The highest BCUT2D eigenvalue weighted by Gasteiger charge is 2.28. The molecule has 0 aliphatic heterocycles. The van der Waals surface area contributed by atoms with Gasteiger partial charge in [0, 0.05) is 6.42 Å². The Morgan fingerprint density at radius 1 is 1.00 bits per heavy atom. The molecule has 0 bridgehead atoms. The van der Waals surface area contributed by atoms with E-state index >= 15 is 0 Å². The van der Waals surface area contributed by atoms with Gasteiger partial charge in [0.05, 0.1) is 25.1 Å². The number of alkyl carbamates (subject to hydrolysis) is 1. The van der Waals surface area contributed by atoms with E-state index in [0.717, 1.165) is 5.56 Å². The van der Waals surface area contributed by atoms with Gasteiger partial charge < -0.3 is 23.8 Å². The Kier molecular flexibility index (Phi) is 9.83.